The van der Waals surface area contributed by atoms with Crippen LogP contribution in [0.3, 0.4) is 0 Å². The van der Waals surface area contributed by atoms with Gasteiger partial charge in [0.1, 0.15) is 0 Å². The van der Waals surface area contributed by atoms with Gasteiger partial charge in [0.2, 0.25) is 5.91 Å². The molecule has 0 saturated heterocycles. The average molecular weight is 166 g/mol. The number of hydrogen-bond acceptors (Lipinski definition) is 2. The first-order valence-corrected chi connectivity index (χ1v) is 3.73. The minimum atomic E-state index is -0.187. The molecule has 0 fully saturated rings. The van der Waals surface area contributed by atoms with Gasteiger partial charge in [0.15, 0.2) is 0 Å². The Hall–Kier alpha value is -0.280. The van der Waals surface area contributed by atoms with Crippen LogP contribution >= 0.6 is 11.6 Å². The van der Waals surface area contributed by atoms with Crippen molar-refractivity contribution in [2.24, 2.45) is 5.92 Å². The van der Waals surface area contributed by atoms with Gasteiger partial charge in [-0.25, -0.2) is 5.48 Å². The fraction of sp³-hybridized carbons (Fsp3) is 0.833. The molecule has 1 unspecified atom stereocenters. The van der Waals surface area contributed by atoms with E-state index in [1.165, 1.54) is 0 Å². The minimum absolute atomic E-state index is 0.170. The van der Waals surface area contributed by atoms with Gasteiger partial charge in [0.25, 0.3) is 0 Å². The summed E-state index contributed by atoms with van der Waals surface area (Å²) in [5.41, 5.74) is 2.26. The smallest absolute Gasteiger partial charge is 0.247 e. The Balaban J connectivity index is 3.42. The Morgan fingerprint density at radius 3 is 2.80 bits per heavy atom. The van der Waals surface area contributed by atoms with Crippen LogP contribution in [-0.2, 0) is 9.63 Å². The summed E-state index contributed by atoms with van der Waals surface area (Å²) in [4.78, 5) is 15.5. The quantitative estimate of drug-likeness (QED) is 0.497. The number of carbonyl (C=O) groups is 1. The predicted molar refractivity (Wildman–Crippen MR) is 39.7 cm³/mol. The second-order valence-electron chi connectivity index (χ2n) is 1.95. The van der Waals surface area contributed by atoms with Crippen molar-refractivity contribution in [2.75, 3.05) is 12.5 Å². The molecular weight excluding hydrogens is 154 g/mol. The number of halogens is 1. The molecule has 0 bridgehead atoms. The molecule has 1 N–H and O–H groups in total. The lowest BCUT2D eigenvalue weighted by Gasteiger charge is -2.06. The summed E-state index contributed by atoms with van der Waals surface area (Å²) in [6.07, 6.45) is 0. The molecular formula is C6H12ClNO2. The van der Waals surface area contributed by atoms with Crippen LogP contribution in [0.1, 0.15) is 13.8 Å². The summed E-state index contributed by atoms with van der Waals surface area (Å²) in [6, 6.07) is 0. The highest BCUT2D eigenvalue weighted by Crippen LogP contribution is 1.96. The maximum Gasteiger partial charge on any atom is 0.247 e. The lowest BCUT2D eigenvalue weighted by atomic mass is 10.2. The fourth-order valence-electron chi connectivity index (χ4n) is 0.314. The van der Waals surface area contributed by atoms with Gasteiger partial charge >= 0.3 is 0 Å². The molecule has 0 aliphatic heterocycles. The second kappa shape index (κ2) is 5.50. The Morgan fingerprint density at radius 2 is 2.40 bits per heavy atom. The topological polar surface area (TPSA) is 38.3 Å². The maximum absolute atomic E-state index is 10.8. The van der Waals surface area contributed by atoms with Crippen LogP contribution in [0.15, 0.2) is 0 Å². The van der Waals surface area contributed by atoms with Gasteiger partial charge in [0, 0.05) is 5.88 Å². The molecule has 0 spiro atoms. The van der Waals surface area contributed by atoms with E-state index < -0.39 is 0 Å². The summed E-state index contributed by atoms with van der Waals surface area (Å²) in [5, 5.41) is 0. The SMILES string of the molecule is CCONC(=O)C(C)CCl. The van der Waals surface area contributed by atoms with E-state index in [0.717, 1.165) is 0 Å². The molecule has 0 radical (unpaired) electrons. The summed E-state index contributed by atoms with van der Waals surface area (Å²) in [7, 11) is 0. The van der Waals surface area contributed by atoms with E-state index >= 15 is 0 Å². The number of nitrogens with one attached hydrogen (secondary N) is 1. The molecule has 0 saturated carbocycles. The zero-order valence-electron chi connectivity index (χ0n) is 6.19. The van der Waals surface area contributed by atoms with Crippen LogP contribution in [0.5, 0.6) is 0 Å². The molecule has 10 heavy (non-hydrogen) atoms. The van der Waals surface area contributed by atoms with E-state index in [-0.39, 0.29) is 11.8 Å². The third-order valence-electron chi connectivity index (χ3n) is 0.996. The normalized spacial score (nSPS) is 12.7. The van der Waals surface area contributed by atoms with Crippen LogP contribution in [0.25, 0.3) is 0 Å². The lowest BCUT2D eigenvalue weighted by molar-refractivity contribution is -0.136. The van der Waals surface area contributed by atoms with Gasteiger partial charge in [0.05, 0.1) is 12.5 Å². The van der Waals surface area contributed by atoms with E-state index in [4.69, 9.17) is 11.6 Å². The van der Waals surface area contributed by atoms with Crippen molar-refractivity contribution in [3.05, 3.63) is 0 Å². The highest BCUT2D eigenvalue weighted by molar-refractivity contribution is 6.19. The van der Waals surface area contributed by atoms with Crippen molar-refractivity contribution in [1.82, 2.24) is 5.48 Å². The molecule has 0 heterocycles. The summed E-state index contributed by atoms with van der Waals surface area (Å²) < 4.78 is 0. The second-order valence-corrected chi connectivity index (χ2v) is 2.26. The first-order chi connectivity index (χ1) is 4.72. The predicted octanol–water partition coefficient (Wildman–Crippen LogP) is 0.929. The van der Waals surface area contributed by atoms with Gasteiger partial charge in [-0.15, -0.1) is 11.6 Å². The van der Waals surface area contributed by atoms with Gasteiger partial charge in [-0.1, -0.05) is 6.92 Å². The van der Waals surface area contributed by atoms with E-state index in [9.17, 15) is 4.79 Å². The van der Waals surface area contributed by atoms with Gasteiger partial charge in [-0.2, -0.15) is 0 Å². The van der Waals surface area contributed by atoms with Gasteiger partial charge in [-0.3, -0.25) is 9.63 Å². The van der Waals surface area contributed by atoms with Crippen molar-refractivity contribution < 1.29 is 9.63 Å². The van der Waals surface area contributed by atoms with Crippen LogP contribution in [0.2, 0.25) is 0 Å². The monoisotopic (exact) mass is 165 g/mol. The van der Waals surface area contributed by atoms with E-state index in [2.05, 4.69) is 10.3 Å². The standard InChI is InChI=1S/C6H12ClNO2/c1-3-10-8-6(9)5(2)4-7/h5H,3-4H2,1-2H3,(H,8,9). The molecule has 60 valence electrons. The van der Waals surface area contributed by atoms with Gasteiger partial charge < -0.3 is 0 Å². The van der Waals surface area contributed by atoms with Crippen LogP contribution in [0.4, 0.5) is 0 Å². The van der Waals surface area contributed by atoms with Crippen molar-refractivity contribution in [3.63, 3.8) is 0 Å². The molecule has 0 aromatic rings. The molecule has 0 aliphatic rings. The number of amides is 1. The molecule has 3 nitrogen and oxygen atoms in total. The molecule has 4 heteroatoms. The largest absolute Gasteiger partial charge is 0.274 e. The first kappa shape index (κ1) is 9.72. The van der Waals surface area contributed by atoms with Crippen molar-refractivity contribution >= 4 is 17.5 Å². The number of hydrogen-bond donors (Lipinski definition) is 1. The van der Waals surface area contributed by atoms with Crippen molar-refractivity contribution in [1.29, 1.82) is 0 Å². The molecule has 1 atom stereocenters. The zero-order valence-corrected chi connectivity index (χ0v) is 6.94. The Kier molecular flexibility index (Phi) is 5.35. The number of hydroxylamine groups is 1. The number of carbonyl (C=O) groups excluding carboxylic acids is 1. The van der Waals surface area contributed by atoms with Gasteiger partial charge in [-0.05, 0) is 6.92 Å². The van der Waals surface area contributed by atoms with E-state index in [1.807, 2.05) is 0 Å². The Bertz CT molecular complexity index is 108. The first-order valence-electron chi connectivity index (χ1n) is 3.20. The highest BCUT2D eigenvalue weighted by atomic mass is 35.5. The molecule has 1 amide bonds. The molecule has 0 aromatic carbocycles. The lowest BCUT2D eigenvalue weighted by Crippen LogP contribution is -2.30. The molecule has 0 aromatic heterocycles. The third kappa shape index (κ3) is 3.69. The Morgan fingerprint density at radius 1 is 1.80 bits per heavy atom. The van der Waals surface area contributed by atoms with Crippen LogP contribution in [-0.4, -0.2) is 18.4 Å². The van der Waals surface area contributed by atoms with Crippen molar-refractivity contribution in [2.45, 2.75) is 13.8 Å². The zero-order chi connectivity index (χ0) is 7.98. The van der Waals surface area contributed by atoms with E-state index in [0.29, 0.717) is 12.5 Å². The summed E-state index contributed by atoms with van der Waals surface area (Å²) >= 11 is 5.41. The molecule has 0 rings (SSSR count). The average Bonchev–Trinajstić information content (AvgIpc) is 1.98. The van der Waals surface area contributed by atoms with Crippen LogP contribution < -0.4 is 5.48 Å². The number of rotatable bonds is 4. The molecule has 0 aliphatic carbocycles. The van der Waals surface area contributed by atoms with Crippen LogP contribution in [0, 0.1) is 5.92 Å². The Labute approximate surface area is 65.6 Å². The third-order valence-corrected chi connectivity index (χ3v) is 1.46. The summed E-state index contributed by atoms with van der Waals surface area (Å²) in [6.45, 7) is 4.01. The number of alkyl halides is 1. The summed E-state index contributed by atoms with van der Waals surface area (Å²) in [5.74, 6) is -0.0381. The maximum atomic E-state index is 10.8. The minimum Gasteiger partial charge on any atom is -0.274 e. The fourth-order valence-corrected chi connectivity index (χ4v) is 0.454. The van der Waals surface area contributed by atoms with E-state index in [1.54, 1.807) is 13.8 Å². The highest BCUT2D eigenvalue weighted by Gasteiger charge is 2.09. The van der Waals surface area contributed by atoms with Crippen molar-refractivity contribution in [3.8, 4) is 0 Å².